The Balaban J connectivity index is 0.00000392. The van der Waals surface area contributed by atoms with Gasteiger partial charge in [-0.15, -0.1) is 12.4 Å². The van der Waals surface area contributed by atoms with Crippen LogP contribution in [0.4, 0.5) is 0 Å². The quantitative estimate of drug-likeness (QED) is 0.579. The number of methoxy groups -OCH3 is 1. The molecule has 0 saturated carbocycles. The molecule has 4 nitrogen and oxygen atoms in total. The molecule has 2 rings (SSSR count). The average Bonchev–Trinajstić information content (AvgIpc) is 2.66. The molecule has 28 heavy (non-hydrogen) atoms. The molecular weight excluding hydrogens is 374 g/mol. The first-order chi connectivity index (χ1) is 12.9. The lowest BCUT2D eigenvalue weighted by Crippen LogP contribution is -2.46. The third-order valence-electron chi connectivity index (χ3n) is 4.54. The van der Waals surface area contributed by atoms with E-state index in [-0.39, 0.29) is 24.6 Å². The summed E-state index contributed by atoms with van der Waals surface area (Å²) in [5.41, 5.74) is 2.29. The molecule has 0 saturated heterocycles. The predicted octanol–water partition coefficient (Wildman–Crippen LogP) is 4.42. The van der Waals surface area contributed by atoms with Crippen molar-refractivity contribution in [1.82, 2.24) is 5.32 Å². The van der Waals surface area contributed by atoms with Gasteiger partial charge in [-0.25, -0.2) is 0 Å². The molecule has 156 valence electrons. The van der Waals surface area contributed by atoms with Crippen molar-refractivity contribution in [2.45, 2.75) is 51.7 Å². The molecule has 0 bridgehead atoms. The van der Waals surface area contributed by atoms with Gasteiger partial charge in [-0.2, -0.15) is 0 Å². The van der Waals surface area contributed by atoms with Crippen LogP contribution in [0.1, 0.15) is 38.3 Å². The van der Waals surface area contributed by atoms with Crippen LogP contribution in [-0.4, -0.2) is 37.0 Å². The number of benzene rings is 2. The Morgan fingerprint density at radius 3 is 2.39 bits per heavy atom. The highest BCUT2D eigenvalue weighted by atomic mass is 35.5. The molecule has 5 heteroatoms. The first-order valence-electron chi connectivity index (χ1n) is 9.70. The van der Waals surface area contributed by atoms with Crippen molar-refractivity contribution in [2.75, 3.05) is 20.3 Å². The zero-order valence-corrected chi connectivity index (χ0v) is 18.2. The second-order valence-corrected chi connectivity index (χ2v) is 7.61. The Morgan fingerprint density at radius 2 is 1.75 bits per heavy atom. The summed E-state index contributed by atoms with van der Waals surface area (Å²) in [7, 11) is 1.67. The number of aliphatic hydroxyl groups excluding tert-OH is 1. The molecule has 0 heterocycles. The molecule has 2 N–H and O–H groups in total. The second-order valence-electron chi connectivity index (χ2n) is 7.61. The lowest BCUT2D eigenvalue weighted by Gasteiger charge is -2.28. The topological polar surface area (TPSA) is 50.7 Å². The van der Waals surface area contributed by atoms with Crippen LogP contribution in [0.5, 0.6) is 11.5 Å². The molecular formula is C23H34ClNO3. The molecule has 0 aliphatic rings. The van der Waals surface area contributed by atoms with Gasteiger partial charge in [-0.3, -0.25) is 0 Å². The van der Waals surface area contributed by atoms with Crippen LogP contribution >= 0.6 is 12.4 Å². The first kappa shape index (κ1) is 24.3. The van der Waals surface area contributed by atoms with Gasteiger partial charge < -0.3 is 19.9 Å². The highest BCUT2D eigenvalue weighted by molar-refractivity contribution is 5.85. The standard InChI is InChI=1S/C23H33NO3.ClH/c1-5-8-19-9-6-7-10-22(19)27-17-20(25)16-24-23(2,3)15-18-11-13-21(26-4)14-12-18;/h6-7,9-14,20,24-25H,5,8,15-17H2,1-4H3;1H. The van der Waals surface area contributed by atoms with Crippen molar-refractivity contribution in [3.8, 4) is 11.5 Å². The van der Waals surface area contributed by atoms with E-state index in [4.69, 9.17) is 9.47 Å². The van der Waals surface area contributed by atoms with Gasteiger partial charge >= 0.3 is 0 Å². The van der Waals surface area contributed by atoms with E-state index in [2.05, 4.69) is 44.3 Å². The summed E-state index contributed by atoms with van der Waals surface area (Å²) >= 11 is 0. The summed E-state index contributed by atoms with van der Waals surface area (Å²) in [6.45, 7) is 7.20. The van der Waals surface area contributed by atoms with Crippen molar-refractivity contribution < 1.29 is 14.6 Å². The normalized spacial score (nSPS) is 12.2. The fraction of sp³-hybridized carbons (Fsp3) is 0.478. The van der Waals surface area contributed by atoms with Crippen LogP contribution in [0.2, 0.25) is 0 Å². The van der Waals surface area contributed by atoms with Crippen LogP contribution in [0.25, 0.3) is 0 Å². The first-order valence-corrected chi connectivity index (χ1v) is 9.70. The maximum Gasteiger partial charge on any atom is 0.122 e. The second kappa shape index (κ2) is 11.9. The third-order valence-corrected chi connectivity index (χ3v) is 4.54. The van der Waals surface area contributed by atoms with Gasteiger partial charge in [-0.1, -0.05) is 43.7 Å². The molecule has 0 aromatic heterocycles. The van der Waals surface area contributed by atoms with Crippen LogP contribution in [0, 0.1) is 0 Å². The molecule has 0 fully saturated rings. The number of rotatable bonds is 11. The van der Waals surface area contributed by atoms with E-state index in [1.807, 2.05) is 30.3 Å². The van der Waals surface area contributed by atoms with Crippen LogP contribution in [0.3, 0.4) is 0 Å². The number of aliphatic hydroxyl groups is 1. The predicted molar refractivity (Wildman–Crippen MR) is 118 cm³/mol. The van der Waals surface area contributed by atoms with Crippen molar-refractivity contribution in [2.24, 2.45) is 0 Å². The fourth-order valence-electron chi connectivity index (χ4n) is 3.08. The Bertz CT molecular complexity index is 689. The molecule has 1 atom stereocenters. The van der Waals surface area contributed by atoms with Crippen LogP contribution in [0.15, 0.2) is 48.5 Å². The summed E-state index contributed by atoms with van der Waals surface area (Å²) < 4.78 is 11.1. The Morgan fingerprint density at radius 1 is 1.07 bits per heavy atom. The number of β-amino-alcohol motifs (C(OH)–C–C–N with tert-alkyl or cyclic N) is 1. The van der Waals surface area contributed by atoms with E-state index < -0.39 is 6.10 Å². The third kappa shape index (κ3) is 8.09. The number of ether oxygens (including phenoxy) is 2. The van der Waals surface area contributed by atoms with E-state index in [9.17, 15) is 5.11 Å². The van der Waals surface area contributed by atoms with E-state index in [1.54, 1.807) is 7.11 Å². The monoisotopic (exact) mass is 407 g/mol. The maximum atomic E-state index is 10.3. The minimum atomic E-state index is -0.560. The average molecular weight is 408 g/mol. The van der Waals surface area contributed by atoms with E-state index >= 15 is 0 Å². The van der Waals surface area contributed by atoms with Gasteiger partial charge in [0.1, 0.15) is 24.2 Å². The number of para-hydroxylation sites is 1. The van der Waals surface area contributed by atoms with Crippen molar-refractivity contribution in [1.29, 1.82) is 0 Å². The highest BCUT2D eigenvalue weighted by Crippen LogP contribution is 2.20. The SMILES string of the molecule is CCCc1ccccc1OCC(O)CNC(C)(C)Cc1ccc(OC)cc1.Cl. The molecule has 0 aliphatic carbocycles. The largest absolute Gasteiger partial charge is 0.497 e. The van der Waals surface area contributed by atoms with E-state index in [0.717, 1.165) is 30.8 Å². The van der Waals surface area contributed by atoms with E-state index in [1.165, 1.54) is 11.1 Å². The molecule has 1 unspecified atom stereocenters. The van der Waals surface area contributed by atoms with Gasteiger partial charge in [0, 0.05) is 12.1 Å². The van der Waals surface area contributed by atoms with Crippen molar-refractivity contribution in [3.63, 3.8) is 0 Å². The van der Waals surface area contributed by atoms with Crippen molar-refractivity contribution in [3.05, 3.63) is 59.7 Å². The van der Waals surface area contributed by atoms with Crippen LogP contribution in [-0.2, 0) is 12.8 Å². The number of nitrogens with one attached hydrogen (secondary N) is 1. The Kier molecular flexibility index (Phi) is 10.4. The number of hydrogen-bond acceptors (Lipinski definition) is 4. The lowest BCUT2D eigenvalue weighted by atomic mass is 9.94. The minimum Gasteiger partial charge on any atom is -0.497 e. The summed E-state index contributed by atoms with van der Waals surface area (Å²) in [6.07, 6.45) is 2.36. The number of aryl methyl sites for hydroxylation is 1. The van der Waals surface area contributed by atoms with Gasteiger partial charge in [0.2, 0.25) is 0 Å². The van der Waals surface area contributed by atoms with Gasteiger partial charge in [0.05, 0.1) is 7.11 Å². The Labute approximate surface area is 175 Å². The van der Waals surface area contributed by atoms with Gasteiger partial charge in [0.15, 0.2) is 0 Å². The molecule has 0 radical (unpaired) electrons. The van der Waals surface area contributed by atoms with Crippen LogP contribution < -0.4 is 14.8 Å². The highest BCUT2D eigenvalue weighted by Gasteiger charge is 2.19. The zero-order valence-electron chi connectivity index (χ0n) is 17.4. The molecule has 0 spiro atoms. The smallest absolute Gasteiger partial charge is 0.122 e. The zero-order chi connectivity index (χ0) is 19.7. The lowest BCUT2D eigenvalue weighted by molar-refractivity contribution is 0.0983. The summed E-state index contributed by atoms with van der Waals surface area (Å²) in [5, 5.41) is 13.8. The van der Waals surface area contributed by atoms with Gasteiger partial charge in [0.25, 0.3) is 0 Å². The van der Waals surface area contributed by atoms with Gasteiger partial charge in [-0.05, 0) is 56.0 Å². The van der Waals surface area contributed by atoms with E-state index in [0.29, 0.717) is 6.54 Å². The maximum absolute atomic E-state index is 10.3. The summed E-state index contributed by atoms with van der Waals surface area (Å²) in [5.74, 6) is 1.73. The fourth-order valence-corrected chi connectivity index (χ4v) is 3.08. The Hall–Kier alpha value is -1.75. The number of hydrogen-bond donors (Lipinski definition) is 2. The van der Waals surface area contributed by atoms with Crippen molar-refractivity contribution >= 4 is 12.4 Å². The molecule has 0 aliphatic heterocycles. The summed E-state index contributed by atoms with van der Waals surface area (Å²) in [4.78, 5) is 0. The minimum absolute atomic E-state index is 0. The summed E-state index contributed by atoms with van der Waals surface area (Å²) in [6, 6.07) is 16.2. The molecule has 2 aromatic carbocycles. The molecule has 2 aromatic rings. The number of halogens is 1. The molecule has 0 amide bonds.